The number of hydrogen-bond acceptors (Lipinski definition) is 6. The molecule has 0 N–H and O–H groups in total. The molecular formula is C12H22O6S2. The van der Waals surface area contributed by atoms with Crippen LogP contribution in [0.15, 0.2) is 0 Å². The van der Waals surface area contributed by atoms with Gasteiger partial charge in [0.05, 0.1) is 12.5 Å². The fraction of sp³-hybridized carbons (Fsp3) is 0.833. The smallest absolute Gasteiger partial charge is 0.251 e. The average molecular weight is 326 g/mol. The van der Waals surface area contributed by atoms with Crippen LogP contribution in [-0.2, 0) is 28.6 Å². The van der Waals surface area contributed by atoms with Crippen LogP contribution >= 0.6 is 0 Å². The van der Waals surface area contributed by atoms with Crippen molar-refractivity contribution in [3.05, 3.63) is 0 Å². The largest absolute Gasteiger partial charge is 0.265 e. The van der Waals surface area contributed by atoms with E-state index in [4.69, 9.17) is 8.37 Å². The first kappa shape index (κ1) is 19.4. The summed E-state index contributed by atoms with van der Waals surface area (Å²) in [4.78, 5) is 0. The zero-order chi connectivity index (χ0) is 16.2. The molecule has 0 aliphatic heterocycles. The molecule has 0 aromatic rings. The lowest BCUT2D eigenvalue weighted by atomic mass is 10.00. The Labute approximate surface area is 122 Å². The van der Waals surface area contributed by atoms with Crippen molar-refractivity contribution >= 4 is 20.2 Å². The Hall–Kier alpha value is -0.620. The van der Waals surface area contributed by atoms with Crippen LogP contribution < -0.4 is 0 Å². The summed E-state index contributed by atoms with van der Waals surface area (Å²) in [5.41, 5.74) is -2.43. The molecule has 2 unspecified atom stereocenters. The molecular weight excluding hydrogens is 304 g/mol. The summed E-state index contributed by atoms with van der Waals surface area (Å²) in [7, 11) is -7.33. The molecule has 0 spiro atoms. The highest BCUT2D eigenvalue weighted by Gasteiger charge is 2.29. The molecule has 118 valence electrons. The van der Waals surface area contributed by atoms with Gasteiger partial charge in [-0.05, 0) is 26.7 Å². The third-order valence-corrected chi connectivity index (χ3v) is 3.95. The summed E-state index contributed by atoms with van der Waals surface area (Å²) in [6.07, 6.45) is 2.53. The van der Waals surface area contributed by atoms with E-state index in [-0.39, 0.29) is 0 Å². The molecule has 8 heteroatoms. The molecule has 20 heavy (non-hydrogen) atoms. The predicted octanol–water partition coefficient (Wildman–Crippen LogP) is 1.28. The average Bonchev–Trinajstić information content (AvgIpc) is 2.22. The molecule has 0 saturated carbocycles. The van der Waals surface area contributed by atoms with Crippen LogP contribution in [0.4, 0.5) is 0 Å². The van der Waals surface area contributed by atoms with Gasteiger partial charge in [0.1, 0.15) is 11.2 Å². The van der Waals surface area contributed by atoms with Crippen molar-refractivity contribution in [1.29, 1.82) is 0 Å². The summed E-state index contributed by atoms with van der Waals surface area (Å²) in [6, 6.07) is 0. The van der Waals surface area contributed by atoms with Crippen molar-refractivity contribution in [3.63, 3.8) is 0 Å². The third kappa shape index (κ3) is 7.85. The molecule has 0 aliphatic rings. The standard InChI is InChI=1S/C12H22O6S2/c1-7-11(3,17-19(5,13)14)9-10-12(4,8-2)18-20(6,15)16/h7-8H2,1-6H3. The van der Waals surface area contributed by atoms with Crippen molar-refractivity contribution in [2.24, 2.45) is 0 Å². The van der Waals surface area contributed by atoms with Crippen LogP contribution in [0, 0.1) is 11.8 Å². The molecule has 6 nitrogen and oxygen atoms in total. The van der Waals surface area contributed by atoms with E-state index < -0.39 is 31.4 Å². The summed E-state index contributed by atoms with van der Waals surface area (Å²) >= 11 is 0. The lowest BCUT2D eigenvalue weighted by Crippen LogP contribution is -2.32. The van der Waals surface area contributed by atoms with Gasteiger partial charge in [-0.25, -0.2) is 0 Å². The highest BCUT2D eigenvalue weighted by molar-refractivity contribution is 7.86. The SMILES string of the molecule is CCC(C)(C#CC(C)(CC)OS(C)(=O)=O)OS(C)(=O)=O. The molecule has 2 atom stereocenters. The maximum absolute atomic E-state index is 11.2. The molecule has 0 amide bonds. The first-order valence-corrected chi connectivity index (χ1v) is 9.73. The van der Waals surface area contributed by atoms with Gasteiger partial charge >= 0.3 is 0 Å². The second-order valence-electron chi connectivity index (χ2n) is 4.99. The van der Waals surface area contributed by atoms with Gasteiger partial charge in [0.2, 0.25) is 0 Å². The third-order valence-electron chi connectivity index (χ3n) is 2.61. The Bertz CT molecular complexity index is 544. The van der Waals surface area contributed by atoms with Crippen molar-refractivity contribution in [3.8, 4) is 11.8 Å². The quantitative estimate of drug-likeness (QED) is 0.540. The predicted molar refractivity (Wildman–Crippen MR) is 77.0 cm³/mol. The fourth-order valence-electron chi connectivity index (χ4n) is 1.27. The van der Waals surface area contributed by atoms with E-state index in [1.807, 2.05) is 0 Å². The Morgan fingerprint density at radius 2 is 1.05 bits per heavy atom. The van der Waals surface area contributed by atoms with Crippen LogP contribution in [0.5, 0.6) is 0 Å². The fourth-order valence-corrected chi connectivity index (χ4v) is 2.92. The molecule has 0 saturated heterocycles. The summed E-state index contributed by atoms with van der Waals surface area (Å²) in [5.74, 6) is 5.35. The topological polar surface area (TPSA) is 86.7 Å². The van der Waals surface area contributed by atoms with Crippen molar-refractivity contribution in [2.45, 2.75) is 51.7 Å². The minimum Gasteiger partial charge on any atom is -0.251 e. The zero-order valence-electron chi connectivity index (χ0n) is 12.7. The van der Waals surface area contributed by atoms with Gasteiger partial charge in [-0.15, -0.1) is 0 Å². The first-order valence-electron chi connectivity index (χ1n) is 6.10. The van der Waals surface area contributed by atoms with E-state index in [0.717, 1.165) is 12.5 Å². The highest BCUT2D eigenvalue weighted by atomic mass is 32.2. The van der Waals surface area contributed by atoms with Crippen LogP contribution in [0.3, 0.4) is 0 Å². The van der Waals surface area contributed by atoms with E-state index in [1.54, 1.807) is 13.8 Å². The van der Waals surface area contributed by atoms with E-state index in [1.165, 1.54) is 13.8 Å². The van der Waals surface area contributed by atoms with E-state index >= 15 is 0 Å². The zero-order valence-corrected chi connectivity index (χ0v) is 14.3. The van der Waals surface area contributed by atoms with E-state index in [0.29, 0.717) is 12.8 Å². The second-order valence-corrected chi connectivity index (χ2v) is 8.14. The van der Waals surface area contributed by atoms with Crippen LogP contribution in [0.2, 0.25) is 0 Å². The molecule has 0 aromatic carbocycles. The summed E-state index contributed by atoms with van der Waals surface area (Å²) in [5, 5.41) is 0. The van der Waals surface area contributed by atoms with E-state index in [2.05, 4.69) is 11.8 Å². The van der Waals surface area contributed by atoms with Crippen LogP contribution in [-0.4, -0.2) is 40.5 Å². The number of hydrogen-bond donors (Lipinski definition) is 0. The monoisotopic (exact) mass is 326 g/mol. The molecule has 0 rings (SSSR count). The Morgan fingerprint density at radius 1 is 0.800 bits per heavy atom. The molecule has 0 bridgehead atoms. The minimum absolute atomic E-state index is 0.325. The van der Waals surface area contributed by atoms with Gasteiger partial charge < -0.3 is 0 Å². The summed E-state index contributed by atoms with van der Waals surface area (Å²) in [6.45, 7) is 6.50. The molecule has 0 heterocycles. The molecule has 0 radical (unpaired) electrons. The number of rotatable bonds is 6. The minimum atomic E-state index is -3.66. The van der Waals surface area contributed by atoms with Gasteiger partial charge in [-0.1, -0.05) is 25.7 Å². The molecule has 0 aliphatic carbocycles. The summed E-state index contributed by atoms with van der Waals surface area (Å²) < 4.78 is 54.7. The highest BCUT2D eigenvalue weighted by Crippen LogP contribution is 2.21. The first-order chi connectivity index (χ1) is 8.74. The van der Waals surface area contributed by atoms with Gasteiger partial charge in [-0.2, -0.15) is 16.8 Å². The van der Waals surface area contributed by atoms with Gasteiger partial charge in [0.25, 0.3) is 20.2 Å². The van der Waals surface area contributed by atoms with E-state index in [9.17, 15) is 16.8 Å². The maximum atomic E-state index is 11.2. The second kappa shape index (κ2) is 6.43. The Balaban J connectivity index is 5.44. The lowest BCUT2D eigenvalue weighted by molar-refractivity contribution is 0.144. The molecule has 0 fully saturated rings. The molecule has 0 aromatic heterocycles. The normalized spacial score (nSPS) is 18.5. The van der Waals surface area contributed by atoms with Crippen molar-refractivity contribution < 1.29 is 25.2 Å². The van der Waals surface area contributed by atoms with Crippen LogP contribution in [0.1, 0.15) is 40.5 Å². The lowest BCUT2D eigenvalue weighted by Gasteiger charge is -2.24. The van der Waals surface area contributed by atoms with Gasteiger partial charge in [-0.3, -0.25) is 8.37 Å². The van der Waals surface area contributed by atoms with Gasteiger partial charge in [0, 0.05) is 0 Å². The maximum Gasteiger partial charge on any atom is 0.265 e. The van der Waals surface area contributed by atoms with Crippen LogP contribution in [0.25, 0.3) is 0 Å². The Morgan fingerprint density at radius 3 is 1.20 bits per heavy atom. The van der Waals surface area contributed by atoms with Crippen molar-refractivity contribution in [1.82, 2.24) is 0 Å². The van der Waals surface area contributed by atoms with Crippen molar-refractivity contribution in [2.75, 3.05) is 12.5 Å². The van der Waals surface area contributed by atoms with Gasteiger partial charge in [0.15, 0.2) is 0 Å². The Kier molecular flexibility index (Phi) is 6.23.